The van der Waals surface area contributed by atoms with Gasteiger partial charge in [0.2, 0.25) is 0 Å². The fraction of sp³-hybridized carbons (Fsp3) is 0.0952. The van der Waals surface area contributed by atoms with Crippen molar-refractivity contribution >= 4 is 11.6 Å². The number of rotatable bonds is 5. The van der Waals surface area contributed by atoms with Crippen LogP contribution in [0.4, 0.5) is 18.9 Å². The van der Waals surface area contributed by atoms with Crippen LogP contribution in [0.2, 0.25) is 0 Å². The van der Waals surface area contributed by atoms with Gasteiger partial charge in [-0.05, 0) is 48.0 Å². The average molecular weight is 371 g/mol. The molecule has 1 N–H and O–H groups in total. The SMILES string of the molecule is O=C(Nc1cccc(C(F)(F)F)c1)c1ccc(COc2ccccc2)cc1. The average Bonchev–Trinajstić information content (AvgIpc) is 2.67. The molecule has 3 nitrogen and oxygen atoms in total. The summed E-state index contributed by atoms with van der Waals surface area (Å²) in [7, 11) is 0. The van der Waals surface area contributed by atoms with E-state index in [0.29, 0.717) is 12.2 Å². The quantitative estimate of drug-likeness (QED) is 0.640. The molecule has 3 rings (SSSR count). The summed E-state index contributed by atoms with van der Waals surface area (Å²) in [6.45, 7) is 0.347. The van der Waals surface area contributed by atoms with Crippen LogP contribution >= 0.6 is 0 Å². The van der Waals surface area contributed by atoms with Crippen molar-refractivity contribution in [3.05, 3.63) is 95.6 Å². The van der Waals surface area contributed by atoms with Gasteiger partial charge in [0, 0.05) is 11.3 Å². The number of carbonyl (C=O) groups is 1. The monoisotopic (exact) mass is 371 g/mol. The zero-order valence-corrected chi connectivity index (χ0v) is 14.2. The minimum atomic E-state index is -4.46. The van der Waals surface area contributed by atoms with Crippen LogP contribution in [0.25, 0.3) is 0 Å². The first-order chi connectivity index (χ1) is 12.9. The Balaban J connectivity index is 1.62. The summed E-state index contributed by atoms with van der Waals surface area (Å²) in [5.41, 5.74) is 0.491. The molecular weight excluding hydrogens is 355 g/mol. The van der Waals surface area contributed by atoms with Gasteiger partial charge in [0.05, 0.1) is 5.56 Å². The Morgan fingerprint density at radius 3 is 2.26 bits per heavy atom. The zero-order valence-electron chi connectivity index (χ0n) is 14.2. The van der Waals surface area contributed by atoms with E-state index < -0.39 is 17.6 Å². The Morgan fingerprint density at radius 1 is 0.889 bits per heavy atom. The standard InChI is InChI=1S/C21H16F3NO2/c22-21(23,24)17-5-4-6-18(13-17)25-20(26)16-11-9-15(10-12-16)14-27-19-7-2-1-3-8-19/h1-13H,14H2,(H,25,26). The molecule has 138 valence electrons. The normalized spacial score (nSPS) is 11.1. The molecule has 0 spiro atoms. The maximum Gasteiger partial charge on any atom is 0.416 e. The lowest BCUT2D eigenvalue weighted by Crippen LogP contribution is -2.13. The molecule has 0 aliphatic carbocycles. The largest absolute Gasteiger partial charge is 0.489 e. The van der Waals surface area contributed by atoms with Crippen LogP contribution < -0.4 is 10.1 Å². The molecular formula is C21H16F3NO2. The number of benzene rings is 3. The van der Waals surface area contributed by atoms with Gasteiger partial charge in [-0.3, -0.25) is 4.79 Å². The summed E-state index contributed by atoms with van der Waals surface area (Å²) in [5.74, 6) is 0.258. The zero-order chi connectivity index (χ0) is 19.3. The maximum atomic E-state index is 12.7. The highest BCUT2D eigenvalue weighted by Crippen LogP contribution is 2.30. The molecule has 0 heterocycles. The van der Waals surface area contributed by atoms with Crippen LogP contribution in [-0.2, 0) is 12.8 Å². The van der Waals surface area contributed by atoms with Gasteiger partial charge >= 0.3 is 6.18 Å². The van der Waals surface area contributed by atoms with Crippen molar-refractivity contribution in [3.63, 3.8) is 0 Å². The van der Waals surface area contributed by atoms with Crippen molar-refractivity contribution in [1.82, 2.24) is 0 Å². The fourth-order valence-corrected chi connectivity index (χ4v) is 2.41. The highest BCUT2D eigenvalue weighted by molar-refractivity contribution is 6.04. The van der Waals surface area contributed by atoms with E-state index in [2.05, 4.69) is 5.32 Å². The van der Waals surface area contributed by atoms with Crippen molar-refractivity contribution in [3.8, 4) is 5.75 Å². The van der Waals surface area contributed by atoms with E-state index >= 15 is 0 Å². The van der Waals surface area contributed by atoms with Crippen molar-refractivity contribution < 1.29 is 22.7 Å². The second-order valence-electron chi connectivity index (χ2n) is 5.83. The van der Waals surface area contributed by atoms with Crippen LogP contribution in [-0.4, -0.2) is 5.91 Å². The van der Waals surface area contributed by atoms with E-state index in [1.54, 1.807) is 24.3 Å². The van der Waals surface area contributed by atoms with E-state index in [-0.39, 0.29) is 5.69 Å². The molecule has 0 unspecified atom stereocenters. The number of carbonyl (C=O) groups excluding carboxylic acids is 1. The predicted molar refractivity (Wildman–Crippen MR) is 96.6 cm³/mol. The van der Waals surface area contributed by atoms with E-state index in [0.717, 1.165) is 23.4 Å². The van der Waals surface area contributed by atoms with Gasteiger partial charge in [0.25, 0.3) is 5.91 Å². The van der Waals surface area contributed by atoms with Gasteiger partial charge in [0.1, 0.15) is 12.4 Å². The van der Waals surface area contributed by atoms with Crippen LogP contribution in [0.15, 0.2) is 78.9 Å². The van der Waals surface area contributed by atoms with E-state index in [1.807, 2.05) is 30.3 Å². The molecule has 0 bridgehead atoms. The second kappa shape index (κ2) is 7.95. The van der Waals surface area contributed by atoms with Gasteiger partial charge in [-0.25, -0.2) is 0 Å². The van der Waals surface area contributed by atoms with Crippen LogP contribution in [0, 0.1) is 0 Å². The molecule has 0 saturated heterocycles. The third kappa shape index (κ3) is 5.10. The highest BCUT2D eigenvalue weighted by atomic mass is 19.4. The lowest BCUT2D eigenvalue weighted by atomic mass is 10.1. The Labute approximate surface area is 154 Å². The molecule has 3 aromatic rings. The maximum absolute atomic E-state index is 12.7. The third-order valence-electron chi connectivity index (χ3n) is 3.81. The molecule has 0 saturated carbocycles. The van der Waals surface area contributed by atoms with Gasteiger partial charge in [0.15, 0.2) is 0 Å². The Bertz CT molecular complexity index is 907. The predicted octanol–water partition coefficient (Wildman–Crippen LogP) is 5.54. The lowest BCUT2D eigenvalue weighted by Gasteiger charge is -2.10. The van der Waals surface area contributed by atoms with Crippen LogP contribution in [0.3, 0.4) is 0 Å². The molecule has 0 fully saturated rings. The molecule has 0 radical (unpaired) electrons. The number of ether oxygens (including phenoxy) is 1. The van der Waals surface area contributed by atoms with E-state index in [1.165, 1.54) is 12.1 Å². The molecule has 0 aromatic heterocycles. The summed E-state index contributed by atoms with van der Waals surface area (Å²) >= 11 is 0. The lowest BCUT2D eigenvalue weighted by molar-refractivity contribution is -0.137. The molecule has 0 aliphatic heterocycles. The first-order valence-corrected chi connectivity index (χ1v) is 8.17. The molecule has 27 heavy (non-hydrogen) atoms. The molecule has 0 atom stereocenters. The van der Waals surface area contributed by atoms with Crippen molar-refractivity contribution in [2.75, 3.05) is 5.32 Å². The van der Waals surface area contributed by atoms with Crippen LogP contribution in [0.5, 0.6) is 5.75 Å². The third-order valence-corrected chi connectivity index (χ3v) is 3.81. The van der Waals surface area contributed by atoms with Gasteiger partial charge in [-0.1, -0.05) is 36.4 Å². The van der Waals surface area contributed by atoms with Crippen molar-refractivity contribution in [1.29, 1.82) is 0 Å². The summed E-state index contributed by atoms with van der Waals surface area (Å²) in [5, 5.41) is 2.48. The Kier molecular flexibility index (Phi) is 5.45. The summed E-state index contributed by atoms with van der Waals surface area (Å²) in [6.07, 6.45) is -4.46. The fourth-order valence-electron chi connectivity index (χ4n) is 2.41. The number of alkyl halides is 3. The molecule has 0 aliphatic rings. The highest BCUT2D eigenvalue weighted by Gasteiger charge is 2.30. The number of anilines is 1. The van der Waals surface area contributed by atoms with Crippen molar-refractivity contribution in [2.45, 2.75) is 12.8 Å². The number of para-hydroxylation sites is 1. The van der Waals surface area contributed by atoms with Gasteiger partial charge in [-0.15, -0.1) is 0 Å². The Hall–Kier alpha value is -3.28. The number of amides is 1. The molecule has 6 heteroatoms. The molecule has 3 aromatic carbocycles. The van der Waals surface area contributed by atoms with Gasteiger partial charge in [-0.2, -0.15) is 13.2 Å². The first kappa shape index (κ1) is 18.5. The topological polar surface area (TPSA) is 38.3 Å². The smallest absolute Gasteiger partial charge is 0.416 e. The minimum Gasteiger partial charge on any atom is -0.489 e. The molecule has 1 amide bonds. The van der Waals surface area contributed by atoms with E-state index in [9.17, 15) is 18.0 Å². The Morgan fingerprint density at radius 2 is 1.59 bits per heavy atom. The first-order valence-electron chi connectivity index (χ1n) is 8.17. The number of halogens is 3. The van der Waals surface area contributed by atoms with Gasteiger partial charge < -0.3 is 10.1 Å². The summed E-state index contributed by atoms with van der Waals surface area (Å²) < 4.78 is 43.9. The summed E-state index contributed by atoms with van der Waals surface area (Å²) in [6, 6.07) is 20.5. The summed E-state index contributed by atoms with van der Waals surface area (Å²) in [4.78, 5) is 12.2. The number of hydrogen-bond donors (Lipinski definition) is 1. The number of nitrogens with one attached hydrogen (secondary N) is 1. The van der Waals surface area contributed by atoms with E-state index in [4.69, 9.17) is 4.74 Å². The van der Waals surface area contributed by atoms with Crippen LogP contribution in [0.1, 0.15) is 21.5 Å². The van der Waals surface area contributed by atoms with Crippen molar-refractivity contribution in [2.24, 2.45) is 0 Å². The number of hydrogen-bond acceptors (Lipinski definition) is 2. The second-order valence-corrected chi connectivity index (χ2v) is 5.83. The minimum absolute atomic E-state index is 0.0892.